The molecule has 2 aromatic rings. The number of sulfonamides is 1. The average Bonchev–Trinajstić information content (AvgIpc) is 2.61. The summed E-state index contributed by atoms with van der Waals surface area (Å²) in [5, 5.41) is 0. The lowest BCUT2D eigenvalue weighted by Gasteiger charge is -2.31. The van der Waals surface area contributed by atoms with Gasteiger partial charge in [0.05, 0.1) is 12.0 Å². The van der Waals surface area contributed by atoms with Gasteiger partial charge in [0, 0.05) is 24.8 Å². The van der Waals surface area contributed by atoms with Gasteiger partial charge in [-0.2, -0.15) is 9.29 Å². The average molecular weight is 377 g/mol. The molecule has 0 spiro atoms. The van der Waals surface area contributed by atoms with Crippen molar-refractivity contribution in [1.82, 2.24) is 14.3 Å². The summed E-state index contributed by atoms with van der Waals surface area (Å²) in [6.45, 7) is 4.56. The molecule has 0 saturated carbocycles. The Morgan fingerprint density at radius 2 is 1.73 bits per heavy atom. The highest BCUT2D eigenvalue weighted by molar-refractivity contribution is 7.89. The molecule has 1 fully saturated rings. The van der Waals surface area contributed by atoms with E-state index in [1.54, 1.807) is 37.4 Å². The van der Waals surface area contributed by atoms with E-state index in [2.05, 4.69) is 9.97 Å². The fourth-order valence-electron chi connectivity index (χ4n) is 3.00. The van der Waals surface area contributed by atoms with Crippen molar-refractivity contribution in [3.8, 4) is 11.6 Å². The maximum Gasteiger partial charge on any atom is 0.243 e. The van der Waals surface area contributed by atoms with E-state index < -0.39 is 10.0 Å². The molecule has 0 amide bonds. The van der Waals surface area contributed by atoms with Crippen molar-refractivity contribution >= 4 is 10.0 Å². The largest absolute Gasteiger partial charge is 0.497 e. The first-order chi connectivity index (χ1) is 12.4. The van der Waals surface area contributed by atoms with Crippen LogP contribution in [0.15, 0.2) is 35.2 Å². The molecular weight excluding hydrogens is 354 g/mol. The Bertz CT molecular complexity index is 840. The van der Waals surface area contributed by atoms with Crippen molar-refractivity contribution in [1.29, 1.82) is 0 Å². The van der Waals surface area contributed by atoms with Crippen LogP contribution in [0.3, 0.4) is 0 Å². The van der Waals surface area contributed by atoms with E-state index >= 15 is 0 Å². The highest BCUT2D eigenvalue weighted by atomic mass is 32.2. The third-order valence-corrected chi connectivity index (χ3v) is 6.24. The molecule has 0 radical (unpaired) electrons. The molecule has 26 heavy (non-hydrogen) atoms. The van der Waals surface area contributed by atoms with E-state index in [0.717, 1.165) is 5.69 Å². The summed E-state index contributed by atoms with van der Waals surface area (Å²) < 4.78 is 38.0. The van der Waals surface area contributed by atoms with Gasteiger partial charge in [0.25, 0.3) is 0 Å². The molecule has 140 valence electrons. The van der Waals surface area contributed by atoms with E-state index in [4.69, 9.17) is 9.47 Å². The van der Waals surface area contributed by atoms with Crippen LogP contribution in [0.4, 0.5) is 0 Å². The summed E-state index contributed by atoms with van der Waals surface area (Å²) in [7, 11) is -1.95. The van der Waals surface area contributed by atoms with Crippen molar-refractivity contribution in [2.75, 3.05) is 20.2 Å². The SMILES string of the molecule is COc1ccc(S(=O)(=O)N2CCC(Oc3cc(C)nc(C)n3)CC2)cc1. The van der Waals surface area contributed by atoms with Crippen LogP contribution in [-0.2, 0) is 10.0 Å². The Kier molecular flexibility index (Phi) is 5.43. The van der Waals surface area contributed by atoms with Gasteiger partial charge in [0.2, 0.25) is 15.9 Å². The molecule has 2 heterocycles. The molecule has 1 aromatic carbocycles. The number of nitrogens with zero attached hydrogens (tertiary/aromatic N) is 3. The summed E-state index contributed by atoms with van der Waals surface area (Å²) in [6, 6.07) is 8.25. The van der Waals surface area contributed by atoms with Gasteiger partial charge in [0.15, 0.2) is 0 Å². The Hall–Kier alpha value is -2.19. The Morgan fingerprint density at radius 3 is 2.31 bits per heavy atom. The topological polar surface area (TPSA) is 81.6 Å². The van der Waals surface area contributed by atoms with Crippen LogP contribution < -0.4 is 9.47 Å². The molecular formula is C18H23N3O4S. The summed E-state index contributed by atoms with van der Waals surface area (Å²) in [4.78, 5) is 8.79. The number of benzene rings is 1. The van der Waals surface area contributed by atoms with Gasteiger partial charge >= 0.3 is 0 Å². The zero-order chi connectivity index (χ0) is 18.7. The Morgan fingerprint density at radius 1 is 1.08 bits per heavy atom. The van der Waals surface area contributed by atoms with Crippen LogP contribution in [-0.4, -0.2) is 49.0 Å². The number of ether oxygens (including phenoxy) is 2. The first-order valence-electron chi connectivity index (χ1n) is 8.51. The minimum atomic E-state index is -3.50. The second kappa shape index (κ2) is 7.59. The second-order valence-corrected chi connectivity index (χ2v) is 8.23. The minimum Gasteiger partial charge on any atom is -0.497 e. The summed E-state index contributed by atoms with van der Waals surface area (Å²) in [6.07, 6.45) is 1.20. The summed E-state index contributed by atoms with van der Waals surface area (Å²) >= 11 is 0. The van der Waals surface area contributed by atoms with Gasteiger partial charge in [-0.05, 0) is 51.0 Å². The lowest BCUT2D eigenvalue weighted by Crippen LogP contribution is -2.41. The van der Waals surface area contributed by atoms with E-state index in [1.165, 1.54) is 4.31 Å². The molecule has 0 atom stereocenters. The standard InChI is InChI=1S/C18H23N3O4S/c1-13-12-18(20-14(2)19-13)25-16-8-10-21(11-9-16)26(22,23)17-6-4-15(24-3)5-7-17/h4-7,12,16H,8-11H2,1-3H3. The van der Waals surface area contributed by atoms with E-state index in [9.17, 15) is 8.42 Å². The summed E-state index contributed by atoms with van der Waals surface area (Å²) in [5.41, 5.74) is 0.854. The zero-order valence-corrected chi connectivity index (χ0v) is 16.0. The molecule has 1 aromatic heterocycles. The predicted molar refractivity (Wildman–Crippen MR) is 96.9 cm³/mol. The first-order valence-corrected chi connectivity index (χ1v) is 9.95. The fraction of sp³-hybridized carbons (Fsp3) is 0.444. The number of hydrogen-bond acceptors (Lipinski definition) is 6. The monoisotopic (exact) mass is 377 g/mol. The highest BCUT2D eigenvalue weighted by Crippen LogP contribution is 2.24. The molecule has 0 bridgehead atoms. The van der Waals surface area contributed by atoms with Gasteiger partial charge in [0.1, 0.15) is 17.7 Å². The second-order valence-electron chi connectivity index (χ2n) is 6.29. The van der Waals surface area contributed by atoms with E-state index in [0.29, 0.717) is 43.4 Å². The number of hydrogen-bond donors (Lipinski definition) is 0. The van der Waals surface area contributed by atoms with Crippen molar-refractivity contribution in [3.63, 3.8) is 0 Å². The third kappa shape index (κ3) is 4.13. The zero-order valence-electron chi connectivity index (χ0n) is 15.2. The van der Waals surface area contributed by atoms with Gasteiger partial charge in [-0.1, -0.05) is 0 Å². The lowest BCUT2D eigenvalue weighted by molar-refractivity contribution is 0.129. The number of methoxy groups -OCH3 is 1. The minimum absolute atomic E-state index is 0.0500. The quantitative estimate of drug-likeness (QED) is 0.795. The van der Waals surface area contributed by atoms with Crippen LogP contribution in [0.1, 0.15) is 24.4 Å². The van der Waals surface area contributed by atoms with E-state index in [-0.39, 0.29) is 11.0 Å². The molecule has 1 saturated heterocycles. The van der Waals surface area contributed by atoms with Gasteiger partial charge in [-0.15, -0.1) is 0 Å². The van der Waals surface area contributed by atoms with Crippen molar-refractivity contribution in [2.45, 2.75) is 37.7 Å². The molecule has 0 aliphatic carbocycles. The van der Waals surface area contributed by atoms with Crippen LogP contribution in [0.5, 0.6) is 11.6 Å². The molecule has 3 rings (SSSR count). The van der Waals surface area contributed by atoms with Gasteiger partial charge in [-0.25, -0.2) is 13.4 Å². The van der Waals surface area contributed by atoms with Crippen LogP contribution in [0, 0.1) is 13.8 Å². The van der Waals surface area contributed by atoms with Crippen molar-refractivity contribution < 1.29 is 17.9 Å². The Labute approximate surface area is 154 Å². The third-order valence-electron chi connectivity index (χ3n) is 4.33. The number of piperidine rings is 1. The first kappa shape index (κ1) is 18.6. The van der Waals surface area contributed by atoms with Gasteiger partial charge in [-0.3, -0.25) is 0 Å². The van der Waals surface area contributed by atoms with Gasteiger partial charge < -0.3 is 9.47 Å². The number of aromatic nitrogens is 2. The van der Waals surface area contributed by atoms with E-state index in [1.807, 2.05) is 13.8 Å². The smallest absolute Gasteiger partial charge is 0.243 e. The maximum absolute atomic E-state index is 12.8. The molecule has 8 heteroatoms. The van der Waals surface area contributed by atoms with Crippen LogP contribution in [0.2, 0.25) is 0 Å². The highest BCUT2D eigenvalue weighted by Gasteiger charge is 2.30. The Balaban J connectivity index is 1.63. The number of rotatable bonds is 5. The molecule has 0 unspecified atom stereocenters. The molecule has 1 aliphatic heterocycles. The van der Waals surface area contributed by atoms with Crippen molar-refractivity contribution in [3.05, 3.63) is 41.9 Å². The van der Waals surface area contributed by atoms with Crippen molar-refractivity contribution in [2.24, 2.45) is 0 Å². The lowest BCUT2D eigenvalue weighted by atomic mass is 10.1. The summed E-state index contributed by atoms with van der Waals surface area (Å²) in [5.74, 6) is 1.84. The normalized spacial score (nSPS) is 16.4. The molecule has 7 nitrogen and oxygen atoms in total. The fourth-order valence-corrected chi connectivity index (χ4v) is 4.47. The predicted octanol–water partition coefficient (Wildman–Crippen LogP) is 2.33. The maximum atomic E-state index is 12.8. The van der Waals surface area contributed by atoms with Crippen LogP contribution in [0.25, 0.3) is 0 Å². The molecule has 1 aliphatic rings. The molecule has 0 N–H and O–H groups in total. The number of aryl methyl sites for hydroxylation is 2. The van der Waals surface area contributed by atoms with Crippen LogP contribution >= 0.6 is 0 Å².